The van der Waals surface area contributed by atoms with E-state index in [0.29, 0.717) is 22.1 Å². The van der Waals surface area contributed by atoms with Gasteiger partial charge >= 0.3 is 0 Å². The lowest BCUT2D eigenvalue weighted by Gasteiger charge is -2.02. The maximum absolute atomic E-state index is 12.2. The molecule has 0 saturated heterocycles. The van der Waals surface area contributed by atoms with E-state index in [9.17, 15) is 9.59 Å². The number of anilines is 1. The fraction of sp³-hybridized carbons (Fsp3) is 0.125. The first kappa shape index (κ1) is 17.5. The summed E-state index contributed by atoms with van der Waals surface area (Å²) in [5.74, 6) is -0.460. The second-order valence-electron chi connectivity index (χ2n) is 5.00. The lowest BCUT2D eigenvalue weighted by molar-refractivity contribution is -0.120. The molecule has 2 N–H and O–H groups in total. The number of carbonyl (C=O) groups is 2. The number of rotatable bonds is 6. The van der Waals surface area contributed by atoms with Gasteiger partial charge in [-0.05, 0) is 29.6 Å². The third-order valence-corrected chi connectivity index (χ3v) is 5.13. The maximum atomic E-state index is 12.2. The van der Waals surface area contributed by atoms with E-state index in [4.69, 9.17) is 11.6 Å². The number of hydrogen-bond donors (Lipinski definition) is 2. The normalized spacial score (nSPS) is 10.4. The molecule has 0 saturated carbocycles. The molecule has 128 valence electrons. The first-order valence-corrected chi connectivity index (χ1v) is 9.36. The van der Waals surface area contributed by atoms with Crippen molar-refractivity contribution in [1.82, 2.24) is 15.5 Å². The number of amides is 2. The average molecular weight is 393 g/mol. The smallest absolute Gasteiger partial charge is 0.286 e. The Balaban J connectivity index is 1.53. The van der Waals surface area contributed by atoms with Crippen LogP contribution in [0.1, 0.15) is 19.7 Å². The predicted molar refractivity (Wildman–Crippen MR) is 99.2 cm³/mol. The van der Waals surface area contributed by atoms with E-state index in [2.05, 4.69) is 20.8 Å². The van der Waals surface area contributed by atoms with E-state index in [0.717, 1.165) is 16.2 Å². The molecule has 0 atom stereocenters. The lowest BCUT2D eigenvalue weighted by atomic mass is 10.3. The van der Waals surface area contributed by atoms with Gasteiger partial charge < -0.3 is 10.6 Å². The van der Waals surface area contributed by atoms with Gasteiger partial charge in [-0.2, -0.15) is 0 Å². The van der Waals surface area contributed by atoms with Crippen molar-refractivity contribution in [2.75, 3.05) is 5.32 Å². The highest BCUT2D eigenvalue weighted by Crippen LogP contribution is 2.17. The molecule has 0 bridgehead atoms. The van der Waals surface area contributed by atoms with Gasteiger partial charge in [-0.1, -0.05) is 35.1 Å². The third-order valence-electron chi connectivity index (χ3n) is 3.10. The van der Waals surface area contributed by atoms with Crippen LogP contribution in [0.25, 0.3) is 0 Å². The summed E-state index contributed by atoms with van der Waals surface area (Å²) in [5.41, 5.74) is 0.582. The topological polar surface area (TPSA) is 84.0 Å². The number of aromatic nitrogens is 2. The van der Waals surface area contributed by atoms with Crippen LogP contribution in [0.2, 0.25) is 5.02 Å². The van der Waals surface area contributed by atoms with Crippen LogP contribution in [-0.4, -0.2) is 22.0 Å². The molecule has 0 aliphatic carbocycles. The number of nitrogens with zero attached hydrogens (tertiary/aromatic N) is 2. The second kappa shape index (κ2) is 8.19. The molecule has 0 spiro atoms. The van der Waals surface area contributed by atoms with Crippen LogP contribution < -0.4 is 10.6 Å². The van der Waals surface area contributed by atoms with Crippen molar-refractivity contribution in [3.8, 4) is 0 Å². The first-order chi connectivity index (χ1) is 12.1. The summed E-state index contributed by atoms with van der Waals surface area (Å²) >= 11 is 8.55. The van der Waals surface area contributed by atoms with Crippen LogP contribution in [0.4, 0.5) is 5.69 Å². The summed E-state index contributed by atoms with van der Waals surface area (Å²) in [4.78, 5) is 25.0. The van der Waals surface area contributed by atoms with Gasteiger partial charge in [0, 0.05) is 15.6 Å². The fourth-order valence-electron chi connectivity index (χ4n) is 1.98. The summed E-state index contributed by atoms with van der Waals surface area (Å²) in [6, 6.07) is 10.7. The largest absolute Gasteiger partial charge is 0.349 e. The van der Waals surface area contributed by atoms with Crippen molar-refractivity contribution in [3.63, 3.8) is 0 Å². The number of thiophene rings is 1. The van der Waals surface area contributed by atoms with Crippen molar-refractivity contribution in [3.05, 3.63) is 61.7 Å². The molecule has 0 fully saturated rings. The highest BCUT2D eigenvalue weighted by molar-refractivity contribution is 7.13. The molecule has 1 aromatic carbocycles. The Labute approximate surface area is 156 Å². The molecule has 9 heteroatoms. The molecule has 3 aromatic rings. The van der Waals surface area contributed by atoms with Gasteiger partial charge in [0.15, 0.2) is 0 Å². The zero-order chi connectivity index (χ0) is 17.6. The van der Waals surface area contributed by atoms with Gasteiger partial charge in [-0.15, -0.1) is 21.5 Å². The Morgan fingerprint density at radius 1 is 1.16 bits per heavy atom. The van der Waals surface area contributed by atoms with Gasteiger partial charge in [0.2, 0.25) is 10.9 Å². The monoisotopic (exact) mass is 392 g/mol. The molecule has 0 radical (unpaired) electrons. The maximum Gasteiger partial charge on any atom is 0.286 e. The highest BCUT2D eigenvalue weighted by atomic mass is 35.5. The first-order valence-electron chi connectivity index (χ1n) is 7.28. The van der Waals surface area contributed by atoms with Gasteiger partial charge in [0.05, 0.1) is 13.0 Å². The molecule has 2 aromatic heterocycles. The number of carbonyl (C=O) groups excluding carboxylic acids is 2. The molecule has 2 heterocycles. The van der Waals surface area contributed by atoms with Crippen LogP contribution in [0.15, 0.2) is 41.8 Å². The summed E-state index contributed by atoms with van der Waals surface area (Å²) < 4.78 is 0. The third kappa shape index (κ3) is 5.09. The quantitative estimate of drug-likeness (QED) is 0.673. The Bertz CT molecular complexity index is 880. The Morgan fingerprint density at radius 3 is 2.80 bits per heavy atom. The predicted octanol–water partition coefficient (Wildman–Crippen LogP) is 3.36. The Hall–Kier alpha value is -2.29. The lowest BCUT2D eigenvalue weighted by Crippen LogP contribution is -2.24. The molecule has 2 amide bonds. The van der Waals surface area contributed by atoms with Crippen molar-refractivity contribution in [2.45, 2.75) is 13.0 Å². The Morgan fingerprint density at radius 2 is 2.04 bits per heavy atom. The van der Waals surface area contributed by atoms with Gasteiger partial charge in [0.25, 0.3) is 5.91 Å². The van der Waals surface area contributed by atoms with Gasteiger partial charge in [-0.3, -0.25) is 9.59 Å². The van der Waals surface area contributed by atoms with Crippen LogP contribution in [0, 0.1) is 0 Å². The van der Waals surface area contributed by atoms with E-state index in [1.54, 1.807) is 24.3 Å². The summed E-state index contributed by atoms with van der Waals surface area (Å²) in [7, 11) is 0. The van der Waals surface area contributed by atoms with Gasteiger partial charge in [0.1, 0.15) is 5.01 Å². The summed E-state index contributed by atoms with van der Waals surface area (Å²) in [6.07, 6.45) is 0.332. The van der Waals surface area contributed by atoms with Gasteiger partial charge in [-0.25, -0.2) is 0 Å². The zero-order valence-electron chi connectivity index (χ0n) is 12.9. The standard InChI is InChI=1S/C16H13ClN4O2S2/c17-10-3-1-4-11(7-10)19-15(23)16-21-20-14(25-16)9-18-13(22)8-12-5-2-6-24-12/h1-7H,8-9H2,(H,18,22)(H,19,23). The van der Waals surface area contributed by atoms with Crippen molar-refractivity contribution in [2.24, 2.45) is 0 Å². The minimum atomic E-state index is -0.365. The molecule has 0 aliphatic rings. The highest BCUT2D eigenvalue weighted by Gasteiger charge is 2.14. The van der Waals surface area contributed by atoms with Crippen molar-refractivity contribution in [1.29, 1.82) is 0 Å². The number of halogens is 1. The number of benzene rings is 1. The van der Waals surface area contributed by atoms with E-state index < -0.39 is 0 Å². The molecular formula is C16H13ClN4O2S2. The van der Waals surface area contributed by atoms with E-state index in [1.165, 1.54) is 11.3 Å². The second-order valence-corrected chi connectivity index (χ2v) is 7.53. The van der Waals surface area contributed by atoms with E-state index >= 15 is 0 Å². The summed E-state index contributed by atoms with van der Waals surface area (Å²) in [5, 5.41) is 16.5. The molecule has 0 aliphatic heterocycles. The minimum absolute atomic E-state index is 0.0948. The SMILES string of the molecule is O=C(Cc1cccs1)NCc1nnc(C(=O)Nc2cccc(Cl)c2)s1. The molecule has 3 rings (SSSR count). The van der Waals surface area contributed by atoms with E-state index in [-0.39, 0.29) is 23.4 Å². The number of nitrogens with one attached hydrogen (secondary N) is 2. The average Bonchev–Trinajstić information content (AvgIpc) is 3.24. The van der Waals surface area contributed by atoms with Crippen molar-refractivity contribution < 1.29 is 9.59 Å². The van der Waals surface area contributed by atoms with Crippen molar-refractivity contribution >= 4 is 51.8 Å². The van der Waals surface area contributed by atoms with E-state index in [1.807, 2.05) is 17.5 Å². The molecule has 6 nitrogen and oxygen atoms in total. The fourth-order valence-corrected chi connectivity index (χ4v) is 3.54. The minimum Gasteiger partial charge on any atom is -0.349 e. The number of hydrogen-bond acceptors (Lipinski definition) is 6. The molecule has 25 heavy (non-hydrogen) atoms. The molecular weight excluding hydrogens is 380 g/mol. The van der Waals surface area contributed by atoms with Crippen LogP contribution in [-0.2, 0) is 17.8 Å². The zero-order valence-corrected chi connectivity index (χ0v) is 15.2. The van der Waals surface area contributed by atoms with Crippen LogP contribution in [0.5, 0.6) is 0 Å². The van der Waals surface area contributed by atoms with Crippen LogP contribution >= 0.6 is 34.3 Å². The summed E-state index contributed by atoms with van der Waals surface area (Å²) in [6.45, 7) is 0.242. The van der Waals surface area contributed by atoms with Crippen LogP contribution in [0.3, 0.4) is 0 Å². The Kier molecular flexibility index (Phi) is 5.75. The molecule has 0 unspecified atom stereocenters.